The zero-order valence-electron chi connectivity index (χ0n) is 18.9. The molecule has 1 fully saturated rings. The second kappa shape index (κ2) is 7.94. The zero-order valence-corrected chi connectivity index (χ0v) is 18.9. The minimum Gasteiger partial charge on any atom is -0.478 e. The van der Waals surface area contributed by atoms with Gasteiger partial charge in [-0.15, -0.1) is 0 Å². The molecule has 7 nitrogen and oxygen atoms in total. The molecule has 2 aromatic carbocycles. The van der Waals surface area contributed by atoms with Crippen LogP contribution in [-0.2, 0) is 16.1 Å². The zero-order chi connectivity index (χ0) is 23.4. The lowest BCUT2D eigenvalue weighted by Gasteiger charge is -2.24. The molecule has 174 valence electrons. The van der Waals surface area contributed by atoms with Gasteiger partial charge in [0.25, 0.3) is 0 Å². The van der Waals surface area contributed by atoms with Crippen molar-refractivity contribution in [2.75, 3.05) is 13.9 Å². The maximum Gasteiger partial charge on any atom is 0.337 e. The molecule has 0 bridgehead atoms. The Morgan fingerprint density at radius 3 is 2.68 bits per heavy atom. The molecule has 0 spiro atoms. The summed E-state index contributed by atoms with van der Waals surface area (Å²) >= 11 is 0. The van der Waals surface area contributed by atoms with E-state index in [4.69, 9.17) is 14.2 Å². The highest BCUT2D eigenvalue weighted by Crippen LogP contribution is 2.50. The number of nitrogens with zero attached hydrogens (tertiary/aromatic N) is 1. The fourth-order valence-electron chi connectivity index (χ4n) is 5.74. The molecule has 1 aromatic heterocycles. The minimum atomic E-state index is -0.986. The third kappa shape index (κ3) is 3.10. The highest BCUT2D eigenvalue weighted by atomic mass is 16.7. The first kappa shape index (κ1) is 20.8. The summed E-state index contributed by atoms with van der Waals surface area (Å²) in [6, 6.07) is 9.52. The van der Waals surface area contributed by atoms with Gasteiger partial charge in [-0.1, -0.05) is 25.3 Å². The number of carboxylic acids is 1. The van der Waals surface area contributed by atoms with E-state index < -0.39 is 11.9 Å². The average molecular weight is 459 g/mol. The molecule has 0 saturated heterocycles. The lowest BCUT2D eigenvalue weighted by atomic mass is 9.81. The van der Waals surface area contributed by atoms with Crippen molar-refractivity contribution >= 4 is 28.9 Å². The van der Waals surface area contributed by atoms with Crippen LogP contribution < -0.4 is 9.47 Å². The van der Waals surface area contributed by atoms with Gasteiger partial charge in [-0.3, -0.25) is 0 Å². The molecule has 3 aromatic rings. The lowest BCUT2D eigenvalue weighted by molar-refractivity contribution is -0.132. The van der Waals surface area contributed by atoms with Crippen molar-refractivity contribution in [3.63, 3.8) is 0 Å². The maximum atomic E-state index is 12.3. The highest BCUT2D eigenvalue weighted by molar-refractivity contribution is 6.02. The molecular formula is C27H25NO6. The van der Waals surface area contributed by atoms with Crippen LogP contribution in [0.3, 0.4) is 0 Å². The second-order valence-corrected chi connectivity index (χ2v) is 9.14. The van der Waals surface area contributed by atoms with Crippen LogP contribution in [0.4, 0.5) is 0 Å². The number of carbonyl (C=O) groups is 2. The molecular weight excluding hydrogens is 434 g/mol. The van der Waals surface area contributed by atoms with Crippen molar-refractivity contribution in [1.29, 1.82) is 0 Å². The van der Waals surface area contributed by atoms with E-state index in [9.17, 15) is 14.7 Å². The van der Waals surface area contributed by atoms with Gasteiger partial charge in [0.05, 0.1) is 30.5 Å². The van der Waals surface area contributed by atoms with Crippen molar-refractivity contribution in [3.05, 3.63) is 52.6 Å². The number of methoxy groups -OCH3 is 1. The Labute approximate surface area is 196 Å². The summed E-state index contributed by atoms with van der Waals surface area (Å²) in [5.41, 5.74) is 5.43. The van der Waals surface area contributed by atoms with Crippen LogP contribution in [0.2, 0.25) is 0 Å². The number of esters is 1. The fraction of sp³-hybridized carbons (Fsp3) is 0.333. The average Bonchev–Trinajstić information content (AvgIpc) is 3.41. The summed E-state index contributed by atoms with van der Waals surface area (Å²) in [4.78, 5) is 24.6. The normalized spacial score (nSPS) is 17.0. The third-order valence-electron chi connectivity index (χ3n) is 7.29. The van der Waals surface area contributed by atoms with Crippen molar-refractivity contribution in [2.45, 2.75) is 44.6 Å². The number of hydrogen-bond donors (Lipinski definition) is 1. The lowest BCUT2D eigenvalue weighted by Crippen LogP contribution is -2.10. The summed E-state index contributed by atoms with van der Waals surface area (Å²) in [5, 5.41) is 11.1. The summed E-state index contributed by atoms with van der Waals surface area (Å²) in [6.45, 7) is 0.297. The number of carbonyl (C=O) groups excluding carboxylic acids is 1. The number of aromatic nitrogens is 1. The predicted molar refractivity (Wildman–Crippen MR) is 126 cm³/mol. The smallest absolute Gasteiger partial charge is 0.337 e. The Kier molecular flexibility index (Phi) is 4.86. The van der Waals surface area contributed by atoms with Gasteiger partial charge in [0.1, 0.15) is 0 Å². The Morgan fingerprint density at radius 1 is 1.09 bits per heavy atom. The van der Waals surface area contributed by atoms with Gasteiger partial charge in [-0.05, 0) is 54.7 Å². The third-order valence-corrected chi connectivity index (χ3v) is 7.29. The van der Waals surface area contributed by atoms with Crippen molar-refractivity contribution < 1.29 is 28.9 Å². The number of benzene rings is 2. The van der Waals surface area contributed by atoms with Gasteiger partial charge >= 0.3 is 11.9 Å². The van der Waals surface area contributed by atoms with E-state index in [1.165, 1.54) is 31.9 Å². The molecule has 34 heavy (non-hydrogen) atoms. The van der Waals surface area contributed by atoms with Crippen LogP contribution in [-0.4, -0.2) is 35.5 Å². The molecule has 3 heterocycles. The fourth-order valence-corrected chi connectivity index (χ4v) is 5.74. The van der Waals surface area contributed by atoms with Crippen LogP contribution in [0.1, 0.15) is 59.5 Å². The van der Waals surface area contributed by atoms with Crippen molar-refractivity contribution in [2.24, 2.45) is 0 Å². The molecule has 1 saturated carbocycles. The minimum absolute atomic E-state index is 0.114. The van der Waals surface area contributed by atoms with E-state index in [2.05, 4.69) is 4.57 Å². The molecule has 1 N–H and O–H groups in total. The summed E-state index contributed by atoms with van der Waals surface area (Å²) in [6.07, 6.45) is 7.46. The van der Waals surface area contributed by atoms with E-state index in [-0.39, 0.29) is 18.9 Å². The van der Waals surface area contributed by atoms with Gasteiger partial charge in [-0.25, -0.2) is 9.59 Å². The van der Waals surface area contributed by atoms with Crippen molar-refractivity contribution in [1.82, 2.24) is 4.57 Å². The second-order valence-electron chi connectivity index (χ2n) is 9.14. The molecule has 0 atom stereocenters. The molecule has 0 radical (unpaired) electrons. The maximum absolute atomic E-state index is 12.3. The van der Waals surface area contributed by atoms with E-state index in [0.717, 1.165) is 40.6 Å². The molecule has 0 amide bonds. The van der Waals surface area contributed by atoms with Crippen LogP contribution in [0.15, 0.2) is 35.9 Å². The Balaban J connectivity index is 1.70. The molecule has 2 aliphatic heterocycles. The number of carboxylic acid groups (broad SMARTS) is 1. The molecule has 7 heteroatoms. The molecule has 1 aliphatic carbocycles. The van der Waals surface area contributed by atoms with Gasteiger partial charge in [0, 0.05) is 22.0 Å². The SMILES string of the molecule is COC(=O)c1ccc2c(C3CCCCC3)c3n(c2c1)CC(C(=O)O)=Cc1c-3ccc2c1OCO2. The van der Waals surface area contributed by atoms with Crippen LogP contribution >= 0.6 is 0 Å². The number of rotatable bonds is 3. The first-order valence-corrected chi connectivity index (χ1v) is 11.7. The number of hydrogen-bond acceptors (Lipinski definition) is 5. The molecule has 0 unspecified atom stereocenters. The molecule has 3 aliphatic rings. The highest BCUT2D eigenvalue weighted by Gasteiger charge is 2.32. The van der Waals surface area contributed by atoms with Crippen LogP contribution in [0, 0.1) is 0 Å². The van der Waals surface area contributed by atoms with Gasteiger partial charge < -0.3 is 23.9 Å². The summed E-state index contributed by atoms with van der Waals surface area (Å²) < 4.78 is 18.4. The summed E-state index contributed by atoms with van der Waals surface area (Å²) in [7, 11) is 1.36. The number of fused-ring (bicyclic) bond motifs is 7. The van der Waals surface area contributed by atoms with Gasteiger partial charge in [-0.2, -0.15) is 0 Å². The van der Waals surface area contributed by atoms with Crippen LogP contribution in [0.25, 0.3) is 28.2 Å². The number of ether oxygens (including phenoxy) is 3. The Bertz CT molecular complexity index is 1380. The Morgan fingerprint density at radius 2 is 1.91 bits per heavy atom. The largest absolute Gasteiger partial charge is 0.478 e. The topological polar surface area (TPSA) is 87.0 Å². The molecule has 6 rings (SSSR count). The first-order chi connectivity index (χ1) is 16.6. The van der Waals surface area contributed by atoms with E-state index in [0.29, 0.717) is 23.0 Å². The van der Waals surface area contributed by atoms with Crippen LogP contribution in [0.5, 0.6) is 11.5 Å². The van der Waals surface area contributed by atoms with Gasteiger partial charge in [0.15, 0.2) is 11.5 Å². The Hall–Kier alpha value is -3.74. The van der Waals surface area contributed by atoms with Crippen molar-refractivity contribution in [3.8, 4) is 22.8 Å². The van der Waals surface area contributed by atoms with Gasteiger partial charge in [0.2, 0.25) is 6.79 Å². The first-order valence-electron chi connectivity index (χ1n) is 11.7. The summed E-state index contributed by atoms with van der Waals surface area (Å²) in [5.74, 6) is 0.168. The number of aliphatic carboxylic acids is 1. The van der Waals surface area contributed by atoms with E-state index >= 15 is 0 Å². The standard InChI is InChI=1S/C27H25NO6/c1-32-27(31)16-7-8-19-21(12-16)28-13-17(26(29)30)11-20-18(9-10-22-25(20)34-14-33-22)24(28)23(19)15-5-3-2-4-6-15/h7-12,15H,2-6,13-14H2,1H3,(H,29,30). The quantitative estimate of drug-likeness (QED) is 0.531. The van der Waals surface area contributed by atoms with E-state index in [1.807, 2.05) is 24.3 Å². The van der Waals surface area contributed by atoms with E-state index in [1.54, 1.807) is 12.1 Å². The monoisotopic (exact) mass is 459 g/mol. The predicted octanol–water partition coefficient (Wildman–Crippen LogP) is 5.35.